The van der Waals surface area contributed by atoms with Crippen LogP contribution in [0.5, 0.6) is 0 Å². The summed E-state index contributed by atoms with van der Waals surface area (Å²) in [5.74, 6) is 0.168. The summed E-state index contributed by atoms with van der Waals surface area (Å²) in [6.07, 6.45) is 1.14. The molecular formula is C11H21NO2S. The van der Waals surface area contributed by atoms with E-state index in [-0.39, 0.29) is 5.92 Å². The molecule has 1 atom stereocenters. The molecule has 0 bridgehead atoms. The highest BCUT2D eigenvalue weighted by Gasteiger charge is 2.25. The van der Waals surface area contributed by atoms with E-state index in [1.807, 2.05) is 11.8 Å². The molecule has 0 aliphatic carbocycles. The molecule has 0 spiro atoms. The summed E-state index contributed by atoms with van der Waals surface area (Å²) in [4.78, 5) is 13.0. The summed E-state index contributed by atoms with van der Waals surface area (Å²) < 4.78 is 0.348. The van der Waals surface area contributed by atoms with Gasteiger partial charge in [0.25, 0.3) is 0 Å². The number of hydrogen-bond acceptors (Lipinski definition) is 3. The van der Waals surface area contributed by atoms with Crippen molar-refractivity contribution in [3.63, 3.8) is 0 Å². The predicted octanol–water partition coefficient (Wildman–Crippen LogP) is 1.92. The molecule has 1 aliphatic heterocycles. The van der Waals surface area contributed by atoms with Crippen LogP contribution in [0.25, 0.3) is 0 Å². The minimum Gasteiger partial charge on any atom is -0.481 e. The third kappa shape index (κ3) is 4.43. The van der Waals surface area contributed by atoms with Crippen LogP contribution in [0.15, 0.2) is 0 Å². The fourth-order valence-corrected chi connectivity index (χ4v) is 2.85. The Morgan fingerprint density at radius 1 is 1.53 bits per heavy atom. The number of carbonyl (C=O) groups is 1. The molecule has 1 saturated heterocycles. The Kier molecular flexibility index (Phi) is 4.46. The first-order valence-corrected chi connectivity index (χ1v) is 6.48. The lowest BCUT2D eigenvalue weighted by Crippen LogP contribution is -2.34. The first-order valence-electron chi connectivity index (χ1n) is 5.50. The van der Waals surface area contributed by atoms with Crippen molar-refractivity contribution in [1.29, 1.82) is 0 Å². The van der Waals surface area contributed by atoms with Crippen LogP contribution in [0.4, 0.5) is 0 Å². The molecule has 0 radical (unpaired) electrons. The predicted molar refractivity (Wildman–Crippen MR) is 64.4 cm³/mol. The third-order valence-corrected chi connectivity index (χ3v) is 4.26. The van der Waals surface area contributed by atoms with E-state index in [1.54, 1.807) is 6.92 Å². The van der Waals surface area contributed by atoms with Gasteiger partial charge in [0.1, 0.15) is 0 Å². The number of nitrogens with zero attached hydrogens (tertiary/aromatic N) is 1. The Morgan fingerprint density at radius 3 is 2.80 bits per heavy atom. The van der Waals surface area contributed by atoms with Crippen LogP contribution in [0, 0.1) is 5.92 Å². The molecule has 1 N–H and O–H groups in total. The molecule has 1 heterocycles. The molecule has 0 aromatic rings. The lowest BCUT2D eigenvalue weighted by Gasteiger charge is -2.23. The Morgan fingerprint density at radius 2 is 2.20 bits per heavy atom. The zero-order valence-electron chi connectivity index (χ0n) is 9.82. The highest BCUT2D eigenvalue weighted by molar-refractivity contribution is 8.00. The second-order valence-electron chi connectivity index (χ2n) is 4.90. The lowest BCUT2D eigenvalue weighted by atomic mass is 10.1. The smallest absolute Gasteiger partial charge is 0.307 e. The summed E-state index contributed by atoms with van der Waals surface area (Å²) in [6.45, 7) is 9.05. The van der Waals surface area contributed by atoms with E-state index in [2.05, 4.69) is 18.7 Å². The van der Waals surface area contributed by atoms with Crippen LogP contribution in [-0.2, 0) is 4.79 Å². The molecule has 0 amide bonds. The van der Waals surface area contributed by atoms with Crippen LogP contribution in [0.2, 0.25) is 0 Å². The Balaban J connectivity index is 2.41. The molecule has 3 nitrogen and oxygen atoms in total. The van der Waals surface area contributed by atoms with Crippen LogP contribution < -0.4 is 0 Å². The zero-order valence-corrected chi connectivity index (χ0v) is 10.6. The van der Waals surface area contributed by atoms with Gasteiger partial charge in [0.15, 0.2) is 0 Å². The zero-order chi connectivity index (χ0) is 11.5. The van der Waals surface area contributed by atoms with E-state index in [9.17, 15) is 4.79 Å². The maximum atomic E-state index is 10.8. The summed E-state index contributed by atoms with van der Waals surface area (Å²) >= 11 is 1.99. The molecule has 15 heavy (non-hydrogen) atoms. The van der Waals surface area contributed by atoms with Gasteiger partial charge in [-0.25, -0.2) is 0 Å². The van der Waals surface area contributed by atoms with Crippen LogP contribution in [0.3, 0.4) is 0 Å². The fraction of sp³-hybridized carbons (Fsp3) is 0.909. The van der Waals surface area contributed by atoms with Gasteiger partial charge in [-0.05, 0) is 13.0 Å². The van der Waals surface area contributed by atoms with Crippen molar-refractivity contribution in [2.75, 3.05) is 25.4 Å². The Labute approximate surface area is 96.2 Å². The van der Waals surface area contributed by atoms with Crippen molar-refractivity contribution in [3.8, 4) is 0 Å². The van der Waals surface area contributed by atoms with E-state index >= 15 is 0 Å². The van der Waals surface area contributed by atoms with Gasteiger partial charge in [-0.2, -0.15) is 11.8 Å². The largest absolute Gasteiger partial charge is 0.481 e. The standard InChI is InChI=1S/C11H21NO2S/c1-9(10(13)14)8-12-5-4-11(2,3)15-7-6-12/h9H,4-8H2,1-3H3,(H,13,14). The van der Waals surface area contributed by atoms with E-state index in [0.29, 0.717) is 11.3 Å². The van der Waals surface area contributed by atoms with Crippen LogP contribution in [0.1, 0.15) is 27.2 Å². The SMILES string of the molecule is CC(CN1CCSC(C)(C)CC1)C(=O)O. The quantitative estimate of drug-likeness (QED) is 0.805. The van der Waals surface area contributed by atoms with E-state index < -0.39 is 5.97 Å². The molecule has 0 saturated carbocycles. The number of rotatable bonds is 3. The number of hydrogen-bond donors (Lipinski definition) is 1. The van der Waals surface area contributed by atoms with E-state index in [4.69, 9.17) is 5.11 Å². The van der Waals surface area contributed by atoms with E-state index in [0.717, 1.165) is 25.3 Å². The van der Waals surface area contributed by atoms with Gasteiger partial charge in [0.05, 0.1) is 5.92 Å². The Bertz CT molecular complexity index is 231. The summed E-state index contributed by atoms with van der Waals surface area (Å²) in [5, 5.41) is 8.85. The number of thioether (sulfide) groups is 1. The van der Waals surface area contributed by atoms with Crippen molar-refractivity contribution in [2.45, 2.75) is 31.9 Å². The van der Waals surface area contributed by atoms with Gasteiger partial charge in [0.2, 0.25) is 0 Å². The molecule has 4 heteroatoms. The van der Waals surface area contributed by atoms with Crippen molar-refractivity contribution < 1.29 is 9.90 Å². The number of carboxylic acid groups (broad SMARTS) is 1. The average molecular weight is 231 g/mol. The fourth-order valence-electron chi connectivity index (χ4n) is 1.71. The maximum absolute atomic E-state index is 10.8. The molecule has 1 aliphatic rings. The third-order valence-electron chi connectivity index (χ3n) is 2.88. The molecule has 0 aromatic heterocycles. The minimum atomic E-state index is -0.689. The molecular weight excluding hydrogens is 210 g/mol. The van der Waals surface area contributed by atoms with Crippen molar-refractivity contribution >= 4 is 17.7 Å². The van der Waals surface area contributed by atoms with E-state index in [1.165, 1.54) is 0 Å². The van der Waals surface area contributed by atoms with Gasteiger partial charge in [-0.3, -0.25) is 4.79 Å². The Hall–Kier alpha value is -0.220. The first kappa shape index (κ1) is 12.8. The van der Waals surface area contributed by atoms with Crippen LogP contribution >= 0.6 is 11.8 Å². The molecule has 1 rings (SSSR count). The van der Waals surface area contributed by atoms with Gasteiger partial charge in [-0.1, -0.05) is 20.8 Å². The van der Waals surface area contributed by atoms with Gasteiger partial charge in [-0.15, -0.1) is 0 Å². The minimum absolute atomic E-state index is 0.254. The number of aliphatic carboxylic acids is 1. The maximum Gasteiger partial charge on any atom is 0.307 e. The highest BCUT2D eigenvalue weighted by Crippen LogP contribution is 2.30. The monoisotopic (exact) mass is 231 g/mol. The van der Waals surface area contributed by atoms with Gasteiger partial charge < -0.3 is 10.0 Å². The van der Waals surface area contributed by atoms with Gasteiger partial charge in [0, 0.05) is 23.6 Å². The van der Waals surface area contributed by atoms with Crippen molar-refractivity contribution in [1.82, 2.24) is 4.90 Å². The lowest BCUT2D eigenvalue weighted by molar-refractivity contribution is -0.141. The molecule has 88 valence electrons. The topological polar surface area (TPSA) is 40.5 Å². The highest BCUT2D eigenvalue weighted by atomic mass is 32.2. The second-order valence-corrected chi connectivity index (χ2v) is 6.70. The van der Waals surface area contributed by atoms with Crippen molar-refractivity contribution in [3.05, 3.63) is 0 Å². The second kappa shape index (κ2) is 5.21. The average Bonchev–Trinajstić information content (AvgIpc) is 2.28. The van der Waals surface area contributed by atoms with Gasteiger partial charge >= 0.3 is 5.97 Å². The van der Waals surface area contributed by atoms with Crippen molar-refractivity contribution in [2.24, 2.45) is 5.92 Å². The molecule has 1 fully saturated rings. The molecule has 1 unspecified atom stereocenters. The summed E-state index contributed by atoms with van der Waals surface area (Å²) in [5.41, 5.74) is 0. The van der Waals surface area contributed by atoms with Crippen LogP contribution in [-0.4, -0.2) is 46.1 Å². The summed E-state index contributed by atoms with van der Waals surface area (Å²) in [6, 6.07) is 0. The molecule has 0 aromatic carbocycles. The summed E-state index contributed by atoms with van der Waals surface area (Å²) in [7, 11) is 0. The normalized spacial score (nSPS) is 24.5. The first-order chi connectivity index (χ1) is 6.91. The number of carboxylic acids is 1.